The number of hydrogen-bond acceptors (Lipinski definition) is 0. The SMILES string of the molecule is C=CC1=C(/C=C\C)C2(c3ccccc31)c1ccccc1-c1cc(C)ccc12. The van der Waals surface area contributed by atoms with Crippen molar-refractivity contribution in [3.05, 3.63) is 125 Å². The Morgan fingerprint density at radius 1 is 0.778 bits per heavy atom. The van der Waals surface area contributed by atoms with Gasteiger partial charge in [0.1, 0.15) is 0 Å². The summed E-state index contributed by atoms with van der Waals surface area (Å²) in [6.45, 7) is 8.44. The summed E-state index contributed by atoms with van der Waals surface area (Å²) in [5.41, 5.74) is 11.7. The van der Waals surface area contributed by atoms with Gasteiger partial charge in [-0.3, -0.25) is 0 Å². The van der Waals surface area contributed by atoms with E-state index in [1.54, 1.807) is 0 Å². The molecule has 3 aromatic carbocycles. The van der Waals surface area contributed by atoms with Gasteiger partial charge in [-0.2, -0.15) is 0 Å². The zero-order valence-corrected chi connectivity index (χ0v) is 15.8. The van der Waals surface area contributed by atoms with Crippen molar-refractivity contribution in [2.45, 2.75) is 19.3 Å². The average molecular weight is 346 g/mol. The van der Waals surface area contributed by atoms with E-state index in [2.05, 4.69) is 99.3 Å². The van der Waals surface area contributed by atoms with Crippen LogP contribution >= 0.6 is 0 Å². The fourth-order valence-electron chi connectivity index (χ4n) is 5.12. The van der Waals surface area contributed by atoms with Crippen LogP contribution < -0.4 is 0 Å². The summed E-state index contributed by atoms with van der Waals surface area (Å²) in [4.78, 5) is 0. The molecule has 0 nitrogen and oxygen atoms in total. The molecule has 0 saturated carbocycles. The molecule has 0 bridgehead atoms. The van der Waals surface area contributed by atoms with Crippen LogP contribution in [0.15, 0.2) is 97.1 Å². The van der Waals surface area contributed by atoms with Crippen molar-refractivity contribution in [2.75, 3.05) is 0 Å². The molecule has 0 aromatic heterocycles. The quantitative estimate of drug-likeness (QED) is 0.476. The van der Waals surface area contributed by atoms with Crippen LogP contribution in [0.1, 0.15) is 34.7 Å². The smallest absolute Gasteiger partial charge is 0.0725 e. The Morgan fingerprint density at radius 2 is 1.41 bits per heavy atom. The van der Waals surface area contributed by atoms with Crippen LogP contribution in [0.25, 0.3) is 16.7 Å². The summed E-state index contributed by atoms with van der Waals surface area (Å²) in [7, 11) is 0. The maximum atomic E-state index is 4.16. The molecular weight excluding hydrogens is 324 g/mol. The van der Waals surface area contributed by atoms with Gasteiger partial charge in [0.25, 0.3) is 0 Å². The van der Waals surface area contributed by atoms with Crippen molar-refractivity contribution in [2.24, 2.45) is 0 Å². The van der Waals surface area contributed by atoms with Crippen LogP contribution in [0.3, 0.4) is 0 Å². The molecule has 0 amide bonds. The van der Waals surface area contributed by atoms with Gasteiger partial charge >= 0.3 is 0 Å². The van der Waals surface area contributed by atoms with E-state index in [1.165, 1.54) is 50.1 Å². The lowest BCUT2D eigenvalue weighted by molar-refractivity contribution is 0.785. The standard InChI is InChI=1S/C27H22/c1-4-10-23-19(5-2)20-11-6-8-13-24(20)27(23)25-14-9-7-12-21(25)22-17-18(3)15-16-26(22)27/h4-17H,2H2,1,3H3/b10-4-. The summed E-state index contributed by atoms with van der Waals surface area (Å²) >= 11 is 0. The molecule has 130 valence electrons. The second kappa shape index (κ2) is 5.69. The second-order valence-corrected chi connectivity index (χ2v) is 7.42. The maximum absolute atomic E-state index is 4.16. The first kappa shape index (κ1) is 16.1. The number of rotatable bonds is 2. The predicted molar refractivity (Wildman–Crippen MR) is 115 cm³/mol. The van der Waals surface area contributed by atoms with Gasteiger partial charge in [-0.05, 0) is 58.4 Å². The Morgan fingerprint density at radius 3 is 2.11 bits per heavy atom. The number of aryl methyl sites for hydroxylation is 1. The van der Waals surface area contributed by atoms with E-state index in [0.717, 1.165) is 0 Å². The van der Waals surface area contributed by atoms with Crippen molar-refractivity contribution >= 4 is 5.57 Å². The highest BCUT2D eigenvalue weighted by atomic mass is 14.5. The Kier molecular flexibility index (Phi) is 3.39. The lowest BCUT2D eigenvalue weighted by Gasteiger charge is -2.31. The average Bonchev–Trinajstić information content (AvgIpc) is 3.14. The Labute approximate surface area is 161 Å². The molecular formula is C27H22. The van der Waals surface area contributed by atoms with E-state index in [1.807, 2.05) is 6.08 Å². The van der Waals surface area contributed by atoms with Gasteiger partial charge in [0, 0.05) is 0 Å². The van der Waals surface area contributed by atoms with Crippen molar-refractivity contribution in [1.29, 1.82) is 0 Å². The molecule has 0 heterocycles. The number of benzene rings is 3. The summed E-state index contributed by atoms with van der Waals surface area (Å²) in [6, 6.07) is 24.6. The second-order valence-electron chi connectivity index (χ2n) is 7.42. The molecule has 0 aliphatic heterocycles. The van der Waals surface area contributed by atoms with Gasteiger partial charge in [-0.1, -0.05) is 97.1 Å². The third-order valence-corrected chi connectivity index (χ3v) is 6.05. The molecule has 2 aliphatic carbocycles. The molecule has 1 unspecified atom stereocenters. The van der Waals surface area contributed by atoms with Gasteiger partial charge in [-0.25, -0.2) is 0 Å². The highest BCUT2D eigenvalue weighted by Gasteiger charge is 2.51. The molecule has 1 spiro atoms. The lowest BCUT2D eigenvalue weighted by atomic mass is 9.69. The van der Waals surface area contributed by atoms with Crippen LogP contribution in [-0.2, 0) is 5.41 Å². The minimum absolute atomic E-state index is 0.258. The van der Waals surface area contributed by atoms with Gasteiger partial charge in [0.05, 0.1) is 5.41 Å². The van der Waals surface area contributed by atoms with E-state index >= 15 is 0 Å². The minimum atomic E-state index is -0.258. The van der Waals surface area contributed by atoms with Crippen LogP contribution in [0, 0.1) is 6.92 Å². The Balaban J connectivity index is 2.02. The van der Waals surface area contributed by atoms with Gasteiger partial charge in [0.2, 0.25) is 0 Å². The first-order valence-corrected chi connectivity index (χ1v) is 9.54. The number of hydrogen-bond donors (Lipinski definition) is 0. The third-order valence-electron chi connectivity index (χ3n) is 6.05. The van der Waals surface area contributed by atoms with Crippen molar-refractivity contribution < 1.29 is 0 Å². The predicted octanol–water partition coefficient (Wildman–Crippen LogP) is 6.84. The highest BCUT2D eigenvalue weighted by Crippen LogP contribution is 2.62. The number of allylic oxidation sites excluding steroid dienone is 5. The molecule has 2 aliphatic rings. The van der Waals surface area contributed by atoms with Crippen LogP contribution in [0.5, 0.6) is 0 Å². The number of fused-ring (bicyclic) bond motifs is 7. The van der Waals surface area contributed by atoms with Gasteiger partial charge in [-0.15, -0.1) is 0 Å². The highest BCUT2D eigenvalue weighted by molar-refractivity contribution is 5.97. The van der Waals surface area contributed by atoms with Crippen molar-refractivity contribution in [1.82, 2.24) is 0 Å². The normalized spacial score (nSPS) is 19.5. The van der Waals surface area contributed by atoms with E-state index in [0.29, 0.717) is 0 Å². The summed E-state index contributed by atoms with van der Waals surface area (Å²) in [5.74, 6) is 0. The largest absolute Gasteiger partial charge is 0.0984 e. The monoisotopic (exact) mass is 346 g/mol. The van der Waals surface area contributed by atoms with E-state index in [-0.39, 0.29) is 5.41 Å². The molecule has 3 aromatic rings. The molecule has 0 fully saturated rings. The van der Waals surface area contributed by atoms with E-state index < -0.39 is 0 Å². The fourth-order valence-corrected chi connectivity index (χ4v) is 5.12. The maximum Gasteiger partial charge on any atom is 0.0725 e. The Bertz CT molecular complexity index is 1160. The van der Waals surface area contributed by atoms with Gasteiger partial charge in [0.15, 0.2) is 0 Å². The molecule has 27 heavy (non-hydrogen) atoms. The minimum Gasteiger partial charge on any atom is -0.0984 e. The molecule has 0 heteroatoms. The first-order chi connectivity index (χ1) is 13.2. The van der Waals surface area contributed by atoms with Crippen LogP contribution in [0.2, 0.25) is 0 Å². The Hall–Kier alpha value is -3.12. The summed E-state index contributed by atoms with van der Waals surface area (Å²) in [5, 5.41) is 0. The molecule has 5 rings (SSSR count). The molecule has 1 atom stereocenters. The lowest BCUT2D eigenvalue weighted by Crippen LogP contribution is -2.26. The zero-order chi connectivity index (χ0) is 18.6. The van der Waals surface area contributed by atoms with Crippen molar-refractivity contribution in [3.63, 3.8) is 0 Å². The summed E-state index contributed by atoms with van der Waals surface area (Å²) in [6.07, 6.45) is 6.46. The topological polar surface area (TPSA) is 0 Å². The van der Waals surface area contributed by atoms with Gasteiger partial charge < -0.3 is 0 Å². The van der Waals surface area contributed by atoms with Crippen molar-refractivity contribution in [3.8, 4) is 11.1 Å². The fraction of sp³-hybridized carbons (Fsp3) is 0.111. The molecule has 0 radical (unpaired) electrons. The van der Waals surface area contributed by atoms with E-state index in [4.69, 9.17) is 0 Å². The summed E-state index contributed by atoms with van der Waals surface area (Å²) < 4.78 is 0. The van der Waals surface area contributed by atoms with Crippen LogP contribution in [0.4, 0.5) is 0 Å². The van der Waals surface area contributed by atoms with E-state index in [9.17, 15) is 0 Å². The zero-order valence-electron chi connectivity index (χ0n) is 15.8. The molecule has 0 saturated heterocycles. The molecule has 0 N–H and O–H groups in total. The van der Waals surface area contributed by atoms with Crippen LogP contribution in [-0.4, -0.2) is 0 Å². The third kappa shape index (κ3) is 1.88. The first-order valence-electron chi connectivity index (χ1n) is 9.54.